The Labute approximate surface area is 196 Å². The maximum Gasteiger partial charge on any atom is 0.215 e. The molecule has 0 unspecified atom stereocenters. The number of rotatable bonds is 9. The lowest BCUT2D eigenvalue weighted by Gasteiger charge is -2.16. The SMILES string of the molecule is CC[NH+](CC)CCOc1ccc(/C(=C\c2ccccc2)c2ccccc2)cc1.O=S(=O)([O-])O. The fourth-order valence-electron chi connectivity index (χ4n) is 3.31. The zero-order valence-corrected chi connectivity index (χ0v) is 19.8. The third-order valence-corrected chi connectivity index (χ3v) is 5.09. The van der Waals surface area contributed by atoms with Crippen LogP contribution in [-0.2, 0) is 10.4 Å². The van der Waals surface area contributed by atoms with Crippen LogP contribution in [0.1, 0.15) is 30.5 Å². The highest BCUT2D eigenvalue weighted by molar-refractivity contribution is 7.79. The Morgan fingerprint density at radius 3 is 1.88 bits per heavy atom. The summed E-state index contributed by atoms with van der Waals surface area (Å²) in [5, 5.41) is 0. The highest BCUT2D eigenvalue weighted by Crippen LogP contribution is 2.27. The molecule has 0 spiro atoms. The van der Waals surface area contributed by atoms with E-state index in [1.807, 2.05) is 6.07 Å². The first kappa shape index (κ1) is 26.3. The van der Waals surface area contributed by atoms with Crippen LogP contribution in [0.3, 0.4) is 0 Å². The van der Waals surface area contributed by atoms with Crippen LogP contribution in [0.2, 0.25) is 0 Å². The van der Waals surface area contributed by atoms with Crippen molar-refractivity contribution in [3.8, 4) is 5.75 Å². The van der Waals surface area contributed by atoms with Crippen molar-refractivity contribution in [2.45, 2.75) is 13.8 Å². The molecule has 0 aliphatic heterocycles. The number of ether oxygens (including phenoxy) is 1. The minimum atomic E-state index is -4.92. The molecular formula is C26H31NO5S. The first-order chi connectivity index (χ1) is 15.8. The summed E-state index contributed by atoms with van der Waals surface area (Å²) in [4.78, 5) is 1.56. The Hall–Kier alpha value is -2.97. The molecule has 0 amide bonds. The van der Waals surface area contributed by atoms with Gasteiger partial charge in [-0.15, -0.1) is 0 Å². The van der Waals surface area contributed by atoms with Crippen molar-refractivity contribution in [3.63, 3.8) is 0 Å². The maximum absolute atomic E-state index is 8.63. The van der Waals surface area contributed by atoms with Crippen LogP contribution in [-0.4, -0.2) is 43.8 Å². The highest BCUT2D eigenvalue weighted by atomic mass is 32.3. The van der Waals surface area contributed by atoms with E-state index in [2.05, 4.69) is 98.8 Å². The molecule has 0 aliphatic carbocycles. The van der Waals surface area contributed by atoms with Gasteiger partial charge < -0.3 is 14.2 Å². The van der Waals surface area contributed by atoms with Gasteiger partial charge in [0, 0.05) is 0 Å². The molecule has 0 bridgehead atoms. The molecule has 0 atom stereocenters. The van der Waals surface area contributed by atoms with E-state index in [0.717, 1.165) is 32.0 Å². The van der Waals surface area contributed by atoms with Crippen molar-refractivity contribution in [2.24, 2.45) is 0 Å². The van der Waals surface area contributed by atoms with Crippen molar-refractivity contribution >= 4 is 22.0 Å². The van der Waals surface area contributed by atoms with E-state index in [1.54, 1.807) is 4.90 Å². The summed E-state index contributed by atoms with van der Waals surface area (Å²) in [5.41, 5.74) is 4.82. The standard InChI is InChI=1S/C26H29NO.H2O4S/c1-3-27(4-2)19-20-28-25-17-15-24(16-18-25)26(23-13-9-6-10-14-23)21-22-11-7-5-8-12-22;1-5(2,3)4/h5-18,21H,3-4,19-20H2,1-2H3;(H2,1,2,3,4)/b26-21-;. The molecule has 3 aromatic rings. The van der Waals surface area contributed by atoms with Crippen LogP contribution in [0, 0.1) is 0 Å². The van der Waals surface area contributed by atoms with Gasteiger partial charge in [-0.25, -0.2) is 8.42 Å². The zero-order valence-electron chi connectivity index (χ0n) is 19.0. The quantitative estimate of drug-likeness (QED) is 0.284. The monoisotopic (exact) mass is 469 g/mol. The smallest absolute Gasteiger partial charge is 0.215 e. The molecule has 3 aromatic carbocycles. The molecule has 0 aliphatic rings. The second-order valence-electron chi connectivity index (χ2n) is 7.34. The Bertz CT molecular complexity index is 1070. The molecule has 3 rings (SSSR count). The molecule has 0 radical (unpaired) electrons. The summed E-state index contributed by atoms with van der Waals surface area (Å²) in [6, 6.07) is 29.5. The molecule has 6 nitrogen and oxygen atoms in total. The van der Waals surface area contributed by atoms with Gasteiger partial charge in [0.05, 0.1) is 13.1 Å². The fraction of sp³-hybridized carbons (Fsp3) is 0.231. The van der Waals surface area contributed by atoms with Gasteiger partial charge in [0.15, 0.2) is 0 Å². The number of hydrogen-bond acceptors (Lipinski definition) is 4. The first-order valence-corrected chi connectivity index (χ1v) is 12.2. The molecule has 7 heteroatoms. The average molecular weight is 470 g/mol. The summed E-state index contributed by atoms with van der Waals surface area (Å²) in [6.45, 7) is 8.52. The lowest BCUT2D eigenvalue weighted by Crippen LogP contribution is -3.12. The lowest BCUT2D eigenvalue weighted by atomic mass is 9.95. The summed E-state index contributed by atoms with van der Waals surface area (Å²) < 4.78 is 38.8. The topological polar surface area (TPSA) is 91.1 Å². The molecular weight excluding hydrogens is 438 g/mol. The Morgan fingerprint density at radius 1 is 0.879 bits per heavy atom. The van der Waals surface area contributed by atoms with Gasteiger partial charge in [0.25, 0.3) is 0 Å². The van der Waals surface area contributed by atoms with Gasteiger partial charge in [-0.05, 0) is 54.3 Å². The third kappa shape index (κ3) is 10.5. The van der Waals surface area contributed by atoms with E-state index in [1.165, 1.54) is 22.3 Å². The van der Waals surface area contributed by atoms with Crippen molar-refractivity contribution in [3.05, 3.63) is 102 Å². The Morgan fingerprint density at radius 2 is 1.36 bits per heavy atom. The Kier molecular flexibility index (Phi) is 10.8. The maximum atomic E-state index is 8.63. The summed E-state index contributed by atoms with van der Waals surface area (Å²) in [7, 11) is -4.92. The molecule has 2 N–H and O–H groups in total. The normalized spacial score (nSPS) is 11.6. The van der Waals surface area contributed by atoms with Gasteiger partial charge in [-0.3, -0.25) is 4.55 Å². The molecule has 0 saturated heterocycles. The van der Waals surface area contributed by atoms with E-state index < -0.39 is 10.4 Å². The van der Waals surface area contributed by atoms with Crippen LogP contribution in [0.4, 0.5) is 0 Å². The number of quaternary nitrogens is 1. The van der Waals surface area contributed by atoms with E-state index in [4.69, 9.17) is 22.3 Å². The van der Waals surface area contributed by atoms with E-state index in [9.17, 15) is 0 Å². The predicted molar refractivity (Wildman–Crippen MR) is 131 cm³/mol. The number of benzene rings is 3. The van der Waals surface area contributed by atoms with Gasteiger partial charge in [-0.1, -0.05) is 72.8 Å². The molecule has 0 heterocycles. The largest absolute Gasteiger partial charge is 0.726 e. The molecule has 0 aromatic heterocycles. The minimum absolute atomic E-state index is 0.752. The minimum Gasteiger partial charge on any atom is -0.726 e. The van der Waals surface area contributed by atoms with Crippen molar-refractivity contribution < 1.29 is 27.2 Å². The van der Waals surface area contributed by atoms with E-state index in [0.29, 0.717) is 0 Å². The van der Waals surface area contributed by atoms with Gasteiger partial charge in [0.1, 0.15) is 18.9 Å². The lowest BCUT2D eigenvalue weighted by molar-refractivity contribution is -0.896. The summed E-state index contributed by atoms with van der Waals surface area (Å²) >= 11 is 0. The number of nitrogens with one attached hydrogen (secondary N) is 1. The molecule has 33 heavy (non-hydrogen) atoms. The van der Waals surface area contributed by atoms with Gasteiger partial charge in [0.2, 0.25) is 10.4 Å². The fourth-order valence-corrected chi connectivity index (χ4v) is 3.31. The zero-order chi connectivity index (χ0) is 24.1. The van der Waals surface area contributed by atoms with Crippen LogP contribution in [0.25, 0.3) is 11.6 Å². The molecule has 0 fully saturated rings. The number of likely N-dealkylation sites (N-methyl/N-ethyl adjacent to an activating group) is 1. The second kappa shape index (κ2) is 13.5. The van der Waals surface area contributed by atoms with E-state index >= 15 is 0 Å². The molecule has 176 valence electrons. The van der Waals surface area contributed by atoms with Gasteiger partial charge in [-0.2, -0.15) is 0 Å². The van der Waals surface area contributed by atoms with Crippen molar-refractivity contribution in [1.82, 2.24) is 0 Å². The summed E-state index contributed by atoms with van der Waals surface area (Å²) in [6.07, 6.45) is 2.24. The average Bonchev–Trinajstić information content (AvgIpc) is 2.81. The van der Waals surface area contributed by atoms with Crippen LogP contribution < -0.4 is 9.64 Å². The van der Waals surface area contributed by atoms with E-state index in [-0.39, 0.29) is 0 Å². The van der Waals surface area contributed by atoms with Crippen molar-refractivity contribution in [2.75, 3.05) is 26.2 Å². The van der Waals surface area contributed by atoms with Crippen LogP contribution >= 0.6 is 0 Å². The van der Waals surface area contributed by atoms with Gasteiger partial charge >= 0.3 is 0 Å². The molecule has 0 saturated carbocycles. The first-order valence-electron chi connectivity index (χ1n) is 10.9. The van der Waals surface area contributed by atoms with Crippen LogP contribution in [0.15, 0.2) is 84.9 Å². The predicted octanol–water partition coefficient (Wildman–Crippen LogP) is 3.58. The number of hydrogen-bond donors (Lipinski definition) is 2. The Balaban J connectivity index is 0.000000696. The second-order valence-corrected chi connectivity index (χ2v) is 8.20. The van der Waals surface area contributed by atoms with Crippen molar-refractivity contribution in [1.29, 1.82) is 0 Å². The highest BCUT2D eigenvalue weighted by Gasteiger charge is 2.07. The third-order valence-electron chi connectivity index (χ3n) is 5.09. The van der Waals surface area contributed by atoms with Crippen LogP contribution in [0.5, 0.6) is 5.75 Å². The summed E-state index contributed by atoms with van der Waals surface area (Å²) in [5.74, 6) is 0.933.